The first-order valence-electron chi connectivity index (χ1n) is 3.29. The Kier molecular flexibility index (Phi) is 2.76. The van der Waals surface area contributed by atoms with Gasteiger partial charge in [0.1, 0.15) is 5.82 Å². The van der Waals surface area contributed by atoms with Gasteiger partial charge >= 0.3 is 0 Å². The molecule has 0 atom stereocenters. The van der Waals surface area contributed by atoms with Crippen molar-refractivity contribution in [2.45, 2.75) is 11.5 Å². The van der Waals surface area contributed by atoms with Gasteiger partial charge in [-0.15, -0.1) is 0 Å². The monoisotopic (exact) mass is 226 g/mol. The lowest BCUT2D eigenvalue weighted by Gasteiger charge is -2.05. The van der Waals surface area contributed by atoms with E-state index in [1.165, 1.54) is 0 Å². The summed E-state index contributed by atoms with van der Waals surface area (Å²) < 4.78 is 58.7. The Labute approximate surface area is 77.6 Å². The van der Waals surface area contributed by atoms with Crippen molar-refractivity contribution < 1.29 is 21.6 Å². The Bertz CT molecular complexity index is 446. The molecule has 1 aromatic heterocycles. The van der Waals surface area contributed by atoms with Crippen LogP contribution in [0.15, 0.2) is 17.3 Å². The number of halogens is 3. The van der Waals surface area contributed by atoms with Crippen LogP contribution in [0.1, 0.15) is 12.0 Å². The quantitative estimate of drug-likeness (QED) is 0.810. The maximum atomic E-state index is 12.8. The number of nitrogens with two attached hydrogens (primary N) is 1. The van der Waals surface area contributed by atoms with Crippen molar-refractivity contribution in [2.24, 2.45) is 5.14 Å². The number of primary sulfonamides is 1. The van der Waals surface area contributed by atoms with Crippen LogP contribution >= 0.6 is 0 Å². The molecule has 4 nitrogen and oxygen atoms in total. The number of aromatic nitrogens is 1. The zero-order chi connectivity index (χ0) is 10.9. The lowest BCUT2D eigenvalue weighted by atomic mass is 10.3. The van der Waals surface area contributed by atoms with E-state index in [0.29, 0.717) is 6.07 Å². The molecular weight excluding hydrogens is 221 g/mol. The van der Waals surface area contributed by atoms with Gasteiger partial charge in [-0.25, -0.2) is 31.7 Å². The van der Waals surface area contributed by atoms with E-state index < -0.39 is 32.9 Å². The van der Waals surface area contributed by atoms with Crippen LogP contribution in [0.2, 0.25) is 0 Å². The third-order valence-electron chi connectivity index (χ3n) is 1.39. The second kappa shape index (κ2) is 3.54. The molecule has 0 aromatic carbocycles. The van der Waals surface area contributed by atoms with Crippen LogP contribution in [0.25, 0.3) is 0 Å². The van der Waals surface area contributed by atoms with Gasteiger partial charge in [-0.05, 0) is 6.07 Å². The molecule has 0 saturated carbocycles. The fourth-order valence-electron chi connectivity index (χ4n) is 0.856. The first-order valence-corrected chi connectivity index (χ1v) is 4.84. The van der Waals surface area contributed by atoms with Crippen molar-refractivity contribution in [1.82, 2.24) is 4.98 Å². The van der Waals surface area contributed by atoms with Gasteiger partial charge < -0.3 is 0 Å². The largest absolute Gasteiger partial charge is 0.269 e. The minimum absolute atomic E-state index is 0.635. The Morgan fingerprint density at radius 3 is 2.36 bits per heavy atom. The van der Waals surface area contributed by atoms with E-state index in [-0.39, 0.29) is 0 Å². The standard InChI is InChI=1S/C6H5F3N2O2S/c7-3-1-2-11-6(14(10,12)13)4(3)5(8)9/h1-2,5H,(H2,10,12,13). The molecular formula is C6H5F3N2O2S. The van der Waals surface area contributed by atoms with Gasteiger partial charge in [0, 0.05) is 6.20 Å². The van der Waals surface area contributed by atoms with Gasteiger partial charge in [-0.3, -0.25) is 0 Å². The third kappa shape index (κ3) is 2.02. The summed E-state index contributed by atoms with van der Waals surface area (Å²) in [5.74, 6) is -1.35. The highest BCUT2D eigenvalue weighted by Crippen LogP contribution is 2.26. The first kappa shape index (κ1) is 10.9. The van der Waals surface area contributed by atoms with Gasteiger partial charge in [0.05, 0.1) is 5.56 Å². The number of pyridine rings is 1. The summed E-state index contributed by atoms with van der Waals surface area (Å²) in [5.41, 5.74) is -1.30. The van der Waals surface area contributed by atoms with Crippen molar-refractivity contribution in [1.29, 1.82) is 0 Å². The molecule has 78 valence electrons. The molecule has 0 aliphatic heterocycles. The molecule has 0 aliphatic carbocycles. The molecule has 0 radical (unpaired) electrons. The Morgan fingerprint density at radius 2 is 2.00 bits per heavy atom. The summed E-state index contributed by atoms with van der Waals surface area (Å²) in [4.78, 5) is 3.10. The summed E-state index contributed by atoms with van der Waals surface area (Å²) in [6.45, 7) is 0. The van der Waals surface area contributed by atoms with E-state index in [4.69, 9.17) is 0 Å². The van der Waals surface area contributed by atoms with Gasteiger partial charge in [-0.1, -0.05) is 0 Å². The average molecular weight is 226 g/mol. The molecule has 0 aliphatic rings. The predicted octanol–water partition coefficient (Wildman–Crippen LogP) is 0.806. The number of alkyl halides is 2. The Hall–Kier alpha value is -1.15. The molecule has 1 heterocycles. The summed E-state index contributed by atoms with van der Waals surface area (Å²) in [7, 11) is -4.43. The van der Waals surface area contributed by atoms with E-state index in [0.717, 1.165) is 6.20 Å². The van der Waals surface area contributed by atoms with E-state index in [2.05, 4.69) is 10.1 Å². The maximum absolute atomic E-state index is 12.8. The third-order valence-corrected chi connectivity index (χ3v) is 2.25. The highest BCUT2D eigenvalue weighted by Gasteiger charge is 2.25. The highest BCUT2D eigenvalue weighted by atomic mass is 32.2. The summed E-state index contributed by atoms with van der Waals surface area (Å²) in [5, 5.41) is 3.44. The second-order valence-electron chi connectivity index (χ2n) is 2.36. The molecule has 0 spiro atoms. The number of nitrogens with zero attached hydrogens (tertiary/aromatic N) is 1. The van der Waals surface area contributed by atoms with Crippen molar-refractivity contribution in [3.8, 4) is 0 Å². The molecule has 0 amide bonds. The molecule has 1 aromatic rings. The smallest absolute Gasteiger partial charge is 0.243 e. The molecule has 0 saturated heterocycles. The number of rotatable bonds is 2. The lowest BCUT2D eigenvalue weighted by Crippen LogP contribution is -2.17. The molecule has 1 rings (SSSR count). The molecule has 8 heteroatoms. The van der Waals surface area contributed by atoms with Crippen LogP contribution in [0, 0.1) is 5.82 Å². The zero-order valence-electron chi connectivity index (χ0n) is 6.62. The molecule has 14 heavy (non-hydrogen) atoms. The van der Waals surface area contributed by atoms with Crippen LogP contribution in [0.5, 0.6) is 0 Å². The van der Waals surface area contributed by atoms with Crippen LogP contribution in [-0.4, -0.2) is 13.4 Å². The lowest BCUT2D eigenvalue weighted by molar-refractivity contribution is 0.141. The molecule has 0 bridgehead atoms. The van der Waals surface area contributed by atoms with Gasteiger partial charge in [-0.2, -0.15) is 0 Å². The normalized spacial score (nSPS) is 12.1. The zero-order valence-corrected chi connectivity index (χ0v) is 7.43. The number of hydrogen-bond acceptors (Lipinski definition) is 3. The first-order chi connectivity index (χ1) is 6.34. The Morgan fingerprint density at radius 1 is 1.43 bits per heavy atom. The van der Waals surface area contributed by atoms with Crippen molar-refractivity contribution >= 4 is 10.0 Å². The van der Waals surface area contributed by atoms with Crippen LogP contribution in [0.3, 0.4) is 0 Å². The number of hydrogen-bond donors (Lipinski definition) is 1. The maximum Gasteiger partial charge on any atom is 0.269 e. The molecule has 0 unspecified atom stereocenters. The van der Waals surface area contributed by atoms with Crippen LogP contribution in [0.4, 0.5) is 13.2 Å². The van der Waals surface area contributed by atoms with E-state index in [1.54, 1.807) is 0 Å². The second-order valence-corrected chi connectivity index (χ2v) is 3.83. The summed E-state index contributed by atoms with van der Waals surface area (Å²) in [6.07, 6.45) is -2.53. The van der Waals surface area contributed by atoms with Crippen LogP contribution in [-0.2, 0) is 10.0 Å². The average Bonchev–Trinajstić information content (AvgIpc) is 2.01. The number of sulfonamides is 1. The summed E-state index contributed by atoms with van der Waals surface area (Å²) in [6, 6.07) is 0.635. The Balaban J connectivity index is 3.52. The molecule has 2 N–H and O–H groups in total. The van der Waals surface area contributed by atoms with Gasteiger partial charge in [0.15, 0.2) is 5.03 Å². The van der Waals surface area contributed by atoms with E-state index in [9.17, 15) is 21.6 Å². The van der Waals surface area contributed by atoms with Gasteiger partial charge in [0.2, 0.25) is 0 Å². The van der Waals surface area contributed by atoms with Crippen molar-refractivity contribution in [2.75, 3.05) is 0 Å². The minimum atomic E-state index is -4.43. The topological polar surface area (TPSA) is 73.1 Å². The highest BCUT2D eigenvalue weighted by molar-refractivity contribution is 7.89. The van der Waals surface area contributed by atoms with E-state index in [1.807, 2.05) is 0 Å². The van der Waals surface area contributed by atoms with E-state index >= 15 is 0 Å². The summed E-state index contributed by atoms with van der Waals surface area (Å²) >= 11 is 0. The van der Waals surface area contributed by atoms with Gasteiger partial charge in [0.25, 0.3) is 16.4 Å². The molecule has 0 fully saturated rings. The fraction of sp³-hybridized carbons (Fsp3) is 0.167. The van der Waals surface area contributed by atoms with Crippen molar-refractivity contribution in [3.63, 3.8) is 0 Å². The SMILES string of the molecule is NS(=O)(=O)c1nccc(F)c1C(F)F. The fourth-order valence-corrected chi connectivity index (χ4v) is 1.56. The van der Waals surface area contributed by atoms with Crippen molar-refractivity contribution in [3.05, 3.63) is 23.6 Å². The minimum Gasteiger partial charge on any atom is -0.243 e. The van der Waals surface area contributed by atoms with Crippen LogP contribution < -0.4 is 5.14 Å². The predicted molar refractivity (Wildman–Crippen MR) is 40.5 cm³/mol.